The highest BCUT2D eigenvalue weighted by Crippen LogP contribution is 2.26. The van der Waals surface area contributed by atoms with Crippen LogP contribution in [0.15, 0.2) is 70.5 Å². The Bertz CT molecular complexity index is 1140. The number of methoxy groups -OCH3 is 1. The maximum absolute atomic E-state index is 12.7. The molecule has 0 bridgehead atoms. The summed E-state index contributed by atoms with van der Waals surface area (Å²) in [4.78, 5) is -0.298. The van der Waals surface area contributed by atoms with Crippen molar-refractivity contribution in [2.45, 2.75) is 4.90 Å². The Morgan fingerprint density at radius 1 is 1.04 bits per heavy atom. The summed E-state index contributed by atoms with van der Waals surface area (Å²) in [5, 5.41) is 11.7. The Labute approximate surface area is 156 Å². The first-order valence-corrected chi connectivity index (χ1v) is 9.50. The zero-order valence-electron chi connectivity index (χ0n) is 13.8. The second-order valence-electron chi connectivity index (χ2n) is 5.55. The molecule has 0 fully saturated rings. The van der Waals surface area contributed by atoms with Crippen molar-refractivity contribution in [2.24, 2.45) is 0 Å². The summed E-state index contributed by atoms with van der Waals surface area (Å²) >= 11 is 5.80. The van der Waals surface area contributed by atoms with Gasteiger partial charge in [-0.3, -0.25) is 0 Å². The van der Waals surface area contributed by atoms with Crippen LogP contribution in [0.4, 0.5) is 0 Å². The molecule has 0 saturated heterocycles. The highest BCUT2D eigenvalue weighted by atomic mass is 35.5. The van der Waals surface area contributed by atoms with Crippen LogP contribution in [0.3, 0.4) is 0 Å². The SMILES string of the molecule is COc1ccc2cc(C=C(C#N)S(=O)(=O)c3ccc(Cl)cc3)ccc2c1. The molecule has 0 N–H and O–H groups in total. The monoisotopic (exact) mass is 383 g/mol. The smallest absolute Gasteiger partial charge is 0.216 e. The van der Waals surface area contributed by atoms with E-state index in [1.54, 1.807) is 19.2 Å². The second kappa shape index (κ2) is 7.20. The van der Waals surface area contributed by atoms with E-state index in [9.17, 15) is 13.7 Å². The normalized spacial score (nSPS) is 12.0. The van der Waals surface area contributed by atoms with Gasteiger partial charge in [-0.1, -0.05) is 29.8 Å². The van der Waals surface area contributed by atoms with Crippen molar-refractivity contribution in [3.8, 4) is 11.8 Å². The topological polar surface area (TPSA) is 67.2 Å². The van der Waals surface area contributed by atoms with Gasteiger partial charge < -0.3 is 4.74 Å². The molecule has 0 unspecified atom stereocenters. The van der Waals surface area contributed by atoms with Crippen molar-refractivity contribution < 1.29 is 13.2 Å². The van der Waals surface area contributed by atoms with Crippen LogP contribution >= 0.6 is 11.6 Å². The Hall–Kier alpha value is -2.81. The number of rotatable bonds is 4. The molecule has 0 amide bonds. The molecule has 0 saturated carbocycles. The summed E-state index contributed by atoms with van der Waals surface area (Å²) in [6.45, 7) is 0. The lowest BCUT2D eigenvalue weighted by Gasteiger charge is -2.05. The summed E-state index contributed by atoms with van der Waals surface area (Å²) in [7, 11) is -2.31. The maximum atomic E-state index is 12.7. The molecule has 0 aliphatic rings. The third-order valence-electron chi connectivity index (χ3n) is 3.89. The van der Waals surface area contributed by atoms with Gasteiger partial charge in [-0.05, 0) is 64.9 Å². The highest BCUT2D eigenvalue weighted by molar-refractivity contribution is 7.95. The van der Waals surface area contributed by atoms with Gasteiger partial charge in [0.05, 0.1) is 12.0 Å². The molecule has 0 aliphatic carbocycles. The number of nitrogens with zero attached hydrogens (tertiary/aromatic N) is 1. The lowest BCUT2D eigenvalue weighted by Crippen LogP contribution is -2.03. The number of sulfone groups is 1. The lowest BCUT2D eigenvalue weighted by molar-refractivity contribution is 0.415. The minimum absolute atomic E-state index is 0.0280. The fraction of sp³-hybridized carbons (Fsp3) is 0.0500. The van der Waals surface area contributed by atoms with Crippen molar-refractivity contribution in [1.29, 1.82) is 5.26 Å². The van der Waals surface area contributed by atoms with Crippen LogP contribution < -0.4 is 4.74 Å². The zero-order chi connectivity index (χ0) is 18.7. The molecule has 0 heterocycles. The Balaban J connectivity index is 2.05. The number of fused-ring (bicyclic) bond motifs is 1. The first-order valence-electron chi connectivity index (χ1n) is 7.64. The first kappa shape index (κ1) is 18.0. The van der Waals surface area contributed by atoms with E-state index in [4.69, 9.17) is 16.3 Å². The molecule has 3 aromatic rings. The fourth-order valence-corrected chi connectivity index (χ4v) is 3.81. The number of halogens is 1. The molecule has 0 atom stereocenters. The number of hydrogen-bond acceptors (Lipinski definition) is 4. The van der Waals surface area contributed by atoms with E-state index in [0.29, 0.717) is 10.6 Å². The van der Waals surface area contributed by atoms with Crippen LogP contribution in [-0.2, 0) is 9.84 Å². The Morgan fingerprint density at radius 3 is 2.35 bits per heavy atom. The fourth-order valence-electron chi connectivity index (χ4n) is 2.52. The second-order valence-corrected chi connectivity index (χ2v) is 7.90. The molecule has 3 aromatic carbocycles. The predicted molar refractivity (Wildman–Crippen MR) is 103 cm³/mol. The number of nitriles is 1. The molecule has 26 heavy (non-hydrogen) atoms. The van der Waals surface area contributed by atoms with E-state index in [-0.39, 0.29) is 9.80 Å². The molecule has 6 heteroatoms. The zero-order valence-corrected chi connectivity index (χ0v) is 15.4. The van der Waals surface area contributed by atoms with E-state index in [1.807, 2.05) is 30.3 Å². The van der Waals surface area contributed by atoms with Gasteiger partial charge in [0.25, 0.3) is 0 Å². The summed E-state index contributed by atoms with van der Waals surface area (Å²) < 4.78 is 30.5. The summed E-state index contributed by atoms with van der Waals surface area (Å²) in [6.07, 6.45) is 1.37. The van der Waals surface area contributed by atoms with Gasteiger partial charge in [0.15, 0.2) is 0 Å². The summed E-state index contributed by atoms with van der Waals surface area (Å²) in [5.41, 5.74) is 0.622. The molecular weight excluding hydrogens is 370 g/mol. The average Bonchev–Trinajstić information content (AvgIpc) is 2.65. The molecule has 0 aliphatic heterocycles. The molecule has 4 nitrogen and oxygen atoms in total. The van der Waals surface area contributed by atoms with Crippen LogP contribution in [-0.4, -0.2) is 15.5 Å². The summed E-state index contributed by atoms with van der Waals surface area (Å²) in [5.74, 6) is 0.740. The number of ether oxygens (including phenoxy) is 1. The highest BCUT2D eigenvalue weighted by Gasteiger charge is 2.20. The molecule has 0 spiro atoms. The number of hydrogen-bond donors (Lipinski definition) is 0. The Kier molecular flexibility index (Phi) is 4.99. The van der Waals surface area contributed by atoms with Gasteiger partial charge in [0.2, 0.25) is 9.84 Å². The van der Waals surface area contributed by atoms with Gasteiger partial charge >= 0.3 is 0 Å². The van der Waals surface area contributed by atoms with Gasteiger partial charge in [-0.15, -0.1) is 0 Å². The third-order valence-corrected chi connectivity index (χ3v) is 5.83. The van der Waals surface area contributed by atoms with E-state index in [0.717, 1.165) is 16.5 Å². The molecule has 3 rings (SSSR count). The molecule has 0 radical (unpaired) electrons. The number of benzene rings is 3. The van der Waals surface area contributed by atoms with Gasteiger partial charge in [-0.25, -0.2) is 8.42 Å². The largest absolute Gasteiger partial charge is 0.497 e. The van der Waals surface area contributed by atoms with Crippen LogP contribution in [0, 0.1) is 11.3 Å². The van der Waals surface area contributed by atoms with Crippen LogP contribution in [0.25, 0.3) is 16.8 Å². The standard InChI is InChI=1S/C20H14ClNO3S/c1-25-18-7-4-15-10-14(2-3-16(15)12-18)11-20(13-22)26(23,24)19-8-5-17(21)6-9-19/h2-12H,1H3. The van der Waals surface area contributed by atoms with Crippen LogP contribution in [0.2, 0.25) is 5.02 Å². The van der Waals surface area contributed by atoms with Crippen LogP contribution in [0.5, 0.6) is 5.75 Å². The van der Waals surface area contributed by atoms with Crippen molar-refractivity contribution >= 4 is 38.3 Å². The lowest BCUT2D eigenvalue weighted by atomic mass is 10.1. The minimum Gasteiger partial charge on any atom is -0.497 e. The van der Waals surface area contributed by atoms with E-state index < -0.39 is 9.84 Å². The minimum atomic E-state index is -3.91. The first-order chi connectivity index (χ1) is 12.4. The molecular formula is C20H14ClNO3S. The van der Waals surface area contributed by atoms with Gasteiger partial charge in [0.1, 0.15) is 16.7 Å². The van der Waals surface area contributed by atoms with Crippen molar-refractivity contribution in [2.75, 3.05) is 7.11 Å². The average molecular weight is 384 g/mol. The summed E-state index contributed by atoms with van der Waals surface area (Å²) in [6, 6.07) is 18.5. The predicted octanol–water partition coefficient (Wildman–Crippen LogP) is 4.84. The van der Waals surface area contributed by atoms with Gasteiger partial charge in [-0.2, -0.15) is 5.26 Å². The van der Waals surface area contributed by atoms with Crippen molar-refractivity contribution in [1.82, 2.24) is 0 Å². The van der Waals surface area contributed by atoms with Crippen molar-refractivity contribution in [3.63, 3.8) is 0 Å². The van der Waals surface area contributed by atoms with E-state index >= 15 is 0 Å². The Morgan fingerprint density at radius 2 is 1.69 bits per heavy atom. The number of allylic oxidation sites excluding steroid dienone is 1. The van der Waals surface area contributed by atoms with Crippen LogP contribution in [0.1, 0.15) is 5.56 Å². The van der Waals surface area contributed by atoms with E-state index in [1.165, 1.54) is 30.3 Å². The van der Waals surface area contributed by atoms with E-state index in [2.05, 4.69) is 0 Å². The molecule has 0 aromatic heterocycles. The maximum Gasteiger partial charge on any atom is 0.216 e. The van der Waals surface area contributed by atoms with Crippen molar-refractivity contribution in [3.05, 3.63) is 76.2 Å². The third kappa shape index (κ3) is 3.57. The molecule has 130 valence electrons. The van der Waals surface area contributed by atoms with Gasteiger partial charge in [0, 0.05) is 5.02 Å². The quantitative estimate of drug-likeness (QED) is 0.604.